The quantitative estimate of drug-likeness (QED) is 0.460. The Labute approximate surface area is 151 Å². The fraction of sp³-hybridized carbons (Fsp3) is 0.333. The number of carbonyl (C=O) groups excluding carboxylic acids is 1. The molecule has 25 heavy (non-hydrogen) atoms. The first kappa shape index (κ1) is 19.0. The van der Waals surface area contributed by atoms with Gasteiger partial charge in [-0.3, -0.25) is 19.6 Å². The van der Waals surface area contributed by atoms with Crippen molar-refractivity contribution >= 4 is 27.5 Å². The summed E-state index contributed by atoms with van der Waals surface area (Å²) in [4.78, 5) is 22.2. The highest BCUT2D eigenvalue weighted by molar-refractivity contribution is 9.10. The zero-order valence-corrected chi connectivity index (χ0v) is 14.9. The highest BCUT2D eigenvalue weighted by atomic mass is 79.9. The van der Waals surface area contributed by atoms with Gasteiger partial charge in [-0.25, -0.2) is 0 Å². The summed E-state index contributed by atoms with van der Waals surface area (Å²) in [5.74, 6) is -0.435. The van der Waals surface area contributed by atoms with Crippen LogP contribution in [0.3, 0.4) is 0 Å². The molecule has 0 saturated heterocycles. The Morgan fingerprint density at radius 1 is 1.44 bits per heavy atom. The molecule has 1 amide bonds. The SMILES string of the molecule is Cc1nn(CC(=O)NC(CO)C(O)c2ccc([N+](=O)[O-])cc2)cc1Br. The van der Waals surface area contributed by atoms with Crippen LogP contribution in [0.5, 0.6) is 0 Å². The number of nitro groups is 1. The third kappa shape index (κ3) is 4.84. The van der Waals surface area contributed by atoms with Crippen molar-refractivity contribution in [1.29, 1.82) is 0 Å². The average molecular weight is 413 g/mol. The number of hydrogen-bond donors (Lipinski definition) is 3. The Hall–Kier alpha value is -2.30. The summed E-state index contributed by atoms with van der Waals surface area (Å²) in [5.41, 5.74) is 0.972. The number of amides is 1. The van der Waals surface area contributed by atoms with Gasteiger partial charge in [0.25, 0.3) is 5.69 Å². The molecular formula is C15H17BrN4O5. The number of nitro benzene ring substituents is 1. The summed E-state index contributed by atoms with van der Waals surface area (Å²) in [7, 11) is 0. The summed E-state index contributed by atoms with van der Waals surface area (Å²) in [5, 5.41) is 37.1. The van der Waals surface area contributed by atoms with Crippen LogP contribution in [0, 0.1) is 17.0 Å². The first-order valence-electron chi connectivity index (χ1n) is 7.34. The third-order valence-electron chi connectivity index (χ3n) is 3.56. The van der Waals surface area contributed by atoms with E-state index in [2.05, 4.69) is 26.3 Å². The molecule has 0 radical (unpaired) electrons. The maximum absolute atomic E-state index is 12.1. The third-order valence-corrected chi connectivity index (χ3v) is 4.34. The smallest absolute Gasteiger partial charge is 0.269 e. The number of aliphatic hydroxyl groups is 2. The minimum absolute atomic E-state index is 0.0735. The topological polar surface area (TPSA) is 131 Å². The summed E-state index contributed by atoms with van der Waals surface area (Å²) < 4.78 is 2.20. The number of rotatable bonds is 7. The van der Waals surface area contributed by atoms with Crippen molar-refractivity contribution in [3.05, 3.63) is 56.3 Å². The van der Waals surface area contributed by atoms with Crippen LogP contribution in [0.1, 0.15) is 17.4 Å². The lowest BCUT2D eigenvalue weighted by molar-refractivity contribution is -0.384. The van der Waals surface area contributed by atoms with Crippen molar-refractivity contribution in [2.45, 2.75) is 25.6 Å². The van der Waals surface area contributed by atoms with Gasteiger partial charge < -0.3 is 15.5 Å². The first-order valence-corrected chi connectivity index (χ1v) is 8.13. The predicted octanol–water partition coefficient (Wildman–Crippen LogP) is 1.07. The van der Waals surface area contributed by atoms with E-state index in [1.807, 2.05) is 0 Å². The number of aliphatic hydroxyl groups excluding tert-OH is 2. The van der Waals surface area contributed by atoms with Crippen LogP contribution in [-0.4, -0.2) is 43.5 Å². The zero-order chi connectivity index (χ0) is 18.6. The van der Waals surface area contributed by atoms with Crippen molar-refractivity contribution < 1.29 is 19.9 Å². The second-order valence-electron chi connectivity index (χ2n) is 5.41. The number of hydrogen-bond acceptors (Lipinski definition) is 6. The second kappa shape index (κ2) is 8.19. The van der Waals surface area contributed by atoms with E-state index >= 15 is 0 Å². The van der Waals surface area contributed by atoms with Gasteiger partial charge in [0.05, 0.1) is 27.7 Å². The molecule has 9 nitrogen and oxygen atoms in total. The van der Waals surface area contributed by atoms with E-state index < -0.39 is 29.6 Å². The number of benzene rings is 1. The van der Waals surface area contributed by atoms with E-state index in [9.17, 15) is 25.1 Å². The maximum atomic E-state index is 12.1. The molecule has 10 heteroatoms. The van der Waals surface area contributed by atoms with Gasteiger partial charge in [0, 0.05) is 18.3 Å². The monoisotopic (exact) mass is 412 g/mol. The molecule has 134 valence electrons. The van der Waals surface area contributed by atoms with Crippen LogP contribution in [0.2, 0.25) is 0 Å². The summed E-state index contributed by atoms with van der Waals surface area (Å²) >= 11 is 3.30. The van der Waals surface area contributed by atoms with Gasteiger partial charge in [-0.05, 0) is 40.5 Å². The number of carbonyl (C=O) groups is 1. The molecule has 0 aliphatic rings. The number of nitrogens with zero attached hydrogens (tertiary/aromatic N) is 3. The van der Waals surface area contributed by atoms with Gasteiger partial charge in [-0.2, -0.15) is 5.10 Å². The van der Waals surface area contributed by atoms with Gasteiger partial charge >= 0.3 is 0 Å². The molecule has 1 heterocycles. The molecule has 2 unspecified atom stereocenters. The highest BCUT2D eigenvalue weighted by Gasteiger charge is 2.23. The fourth-order valence-electron chi connectivity index (χ4n) is 2.22. The van der Waals surface area contributed by atoms with E-state index in [-0.39, 0.29) is 12.2 Å². The van der Waals surface area contributed by atoms with Gasteiger partial charge in [0.15, 0.2) is 0 Å². The molecular weight excluding hydrogens is 396 g/mol. The van der Waals surface area contributed by atoms with E-state index in [4.69, 9.17) is 0 Å². The molecule has 0 bridgehead atoms. The molecule has 1 aromatic heterocycles. The van der Waals surface area contributed by atoms with E-state index in [0.29, 0.717) is 5.56 Å². The number of halogens is 1. The molecule has 2 aromatic rings. The van der Waals surface area contributed by atoms with Crippen LogP contribution in [0.15, 0.2) is 34.9 Å². The van der Waals surface area contributed by atoms with Gasteiger partial charge in [-0.15, -0.1) is 0 Å². The number of nitrogens with one attached hydrogen (secondary N) is 1. The van der Waals surface area contributed by atoms with Crippen molar-refractivity contribution in [3.63, 3.8) is 0 Å². The Balaban J connectivity index is 2.02. The minimum atomic E-state index is -1.21. The molecule has 0 fully saturated rings. The number of aryl methyl sites for hydroxylation is 1. The summed E-state index contributed by atoms with van der Waals surface area (Å²) in [6.07, 6.45) is 0.441. The molecule has 3 N–H and O–H groups in total. The first-order chi connectivity index (χ1) is 11.8. The molecule has 2 rings (SSSR count). The summed E-state index contributed by atoms with van der Waals surface area (Å²) in [6, 6.07) is 4.31. The zero-order valence-electron chi connectivity index (χ0n) is 13.3. The normalized spacial score (nSPS) is 13.3. The average Bonchev–Trinajstić information content (AvgIpc) is 2.89. The highest BCUT2D eigenvalue weighted by Crippen LogP contribution is 2.20. The van der Waals surface area contributed by atoms with Crippen molar-refractivity contribution in [3.8, 4) is 0 Å². The van der Waals surface area contributed by atoms with Crippen molar-refractivity contribution in [1.82, 2.24) is 15.1 Å². The lowest BCUT2D eigenvalue weighted by Gasteiger charge is -2.22. The Kier molecular flexibility index (Phi) is 6.23. The van der Waals surface area contributed by atoms with Crippen molar-refractivity contribution in [2.75, 3.05) is 6.61 Å². The van der Waals surface area contributed by atoms with Crippen LogP contribution < -0.4 is 5.32 Å². The molecule has 2 atom stereocenters. The van der Waals surface area contributed by atoms with Crippen molar-refractivity contribution in [2.24, 2.45) is 0 Å². The van der Waals surface area contributed by atoms with Crippen LogP contribution in [0.4, 0.5) is 5.69 Å². The molecule has 1 aromatic carbocycles. The van der Waals surface area contributed by atoms with Gasteiger partial charge in [0.2, 0.25) is 5.91 Å². The minimum Gasteiger partial charge on any atom is -0.394 e. The Bertz CT molecular complexity index is 742. The predicted molar refractivity (Wildman–Crippen MR) is 91.7 cm³/mol. The van der Waals surface area contributed by atoms with Gasteiger partial charge in [0.1, 0.15) is 12.6 Å². The Morgan fingerprint density at radius 3 is 2.56 bits per heavy atom. The second-order valence-corrected chi connectivity index (χ2v) is 6.26. The largest absolute Gasteiger partial charge is 0.394 e. The number of non-ortho nitro benzene ring substituents is 1. The molecule has 0 aliphatic heterocycles. The lowest BCUT2D eigenvalue weighted by atomic mass is 10.0. The molecule has 0 saturated carbocycles. The maximum Gasteiger partial charge on any atom is 0.269 e. The number of aromatic nitrogens is 2. The van der Waals surface area contributed by atoms with E-state index in [1.54, 1.807) is 13.1 Å². The van der Waals surface area contributed by atoms with Crippen LogP contribution >= 0.6 is 15.9 Å². The molecule has 0 spiro atoms. The summed E-state index contributed by atoms with van der Waals surface area (Å²) in [6.45, 7) is 1.22. The van der Waals surface area contributed by atoms with E-state index in [1.165, 1.54) is 28.9 Å². The standard InChI is InChI=1S/C15H17BrN4O5/c1-9-12(16)6-19(18-9)7-14(22)17-13(8-21)15(23)10-2-4-11(5-3-10)20(24)25/h2-6,13,15,21,23H,7-8H2,1H3,(H,17,22). The fourth-order valence-corrected chi connectivity index (χ4v) is 2.54. The van der Waals surface area contributed by atoms with Crippen LogP contribution in [0.25, 0.3) is 0 Å². The van der Waals surface area contributed by atoms with Gasteiger partial charge in [-0.1, -0.05) is 0 Å². The molecule has 0 aliphatic carbocycles. The lowest BCUT2D eigenvalue weighted by Crippen LogP contribution is -2.43. The van der Waals surface area contributed by atoms with Crippen LogP contribution in [-0.2, 0) is 11.3 Å². The van der Waals surface area contributed by atoms with E-state index in [0.717, 1.165) is 10.2 Å². The Morgan fingerprint density at radius 2 is 2.08 bits per heavy atom.